The highest BCUT2D eigenvalue weighted by Crippen LogP contribution is 2.44. The molecule has 0 saturated heterocycles. The van der Waals surface area contributed by atoms with E-state index in [4.69, 9.17) is 25.1 Å². The van der Waals surface area contributed by atoms with Crippen molar-refractivity contribution >= 4 is 21.6 Å². The number of hydrogen-bond donors (Lipinski definition) is 2. The zero-order valence-corrected chi connectivity index (χ0v) is 28.3. The number of benzene rings is 4. The molecule has 0 saturated carbocycles. The molecule has 1 heterocycles. The molecule has 4 aromatic carbocycles. The molecule has 0 radical (unpaired) electrons. The first-order valence-electron chi connectivity index (χ1n) is 16.0. The standard InChI is InChI=1S/C36H33F4N5O6S/c37-28-20-24(19-27(21-28)36(38,39)40)22-42-34(47)35(15-18-52(48,49)30-8-2-1-3-9-30)32(31-10-5-4-7-26(31)23-43-45-41)51-33(44-35)25-11-13-29(14-12-25)50-17-6-16-46/h1-5,7-14,19-21,32,46H,6,15-18,22-23H2,(H,42,47)/t32-,35-/m1/s1. The fourth-order valence-electron chi connectivity index (χ4n) is 5.68. The van der Waals surface area contributed by atoms with Gasteiger partial charge in [-0.25, -0.2) is 17.8 Å². The van der Waals surface area contributed by atoms with Gasteiger partial charge in [0.05, 0.1) is 29.4 Å². The summed E-state index contributed by atoms with van der Waals surface area (Å²) in [6, 6.07) is 22.4. The highest BCUT2D eigenvalue weighted by Gasteiger charge is 2.54. The van der Waals surface area contributed by atoms with Gasteiger partial charge in [-0.1, -0.05) is 47.6 Å². The summed E-state index contributed by atoms with van der Waals surface area (Å²) in [7, 11) is -4.02. The number of hydrogen-bond acceptors (Lipinski definition) is 8. The average Bonchev–Trinajstić information content (AvgIpc) is 3.53. The van der Waals surface area contributed by atoms with Gasteiger partial charge in [0.2, 0.25) is 5.90 Å². The van der Waals surface area contributed by atoms with E-state index in [0.29, 0.717) is 41.0 Å². The van der Waals surface area contributed by atoms with Crippen LogP contribution >= 0.6 is 0 Å². The van der Waals surface area contributed by atoms with Crippen LogP contribution in [0.4, 0.5) is 17.6 Å². The Morgan fingerprint density at radius 2 is 1.75 bits per heavy atom. The van der Waals surface area contributed by atoms with Crippen molar-refractivity contribution in [1.29, 1.82) is 0 Å². The van der Waals surface area contributed by atoms with E-state index in [0.717, 1.165) is 6.07 Å². The highest BCUT2D eigenvalue weighted by atomic mass is 32.2. The summed E-state index contributed by atoms with van der Waals surface area (Å²) in [6.07, 6.45) is -6.23. The molecule has 2 N–H and O–H groups in total. The molecule has 0 unspecified atom stereocenters. The third-order valence-electron chi connectivity index (χ3n) is 8.26. The van der Waals surface area contributed by atoms with E-state index in [1.54, 1.807) is 66.7 Å². The molecule has 4 aromatic rings. The van der Waals surface area contributed by atoms with E-state index in [2.05, 4.69) is 15.3 Å². The van der Waals surface area contributed by atoms with Crippen LogP contribution in [0.15, 0.2) is 112 Å². The van der Waals surface area contributed by atoms with Crippen LogP contribution in [-0.2, 0) is 38.6 Å². The molecule has 272 valence electrons. The summed E-state index contributed by atoms with van der Waals surface area (Å²) in [5.41, 5.74) is 6.72. The molecule has 1 aliphatic rings. The Labute approximate surface area is 296 Å². The molecule has 0 aromatic heterocycles. The number of carbonyl (C=O) groups excluding carboxylic acids is 1. The van der Waals surface area contributed by atoms with Gasteiger partial charge in [-0.05, 0) is 76.8 Å². The Balaban J connectivity index is 1.61. The molecule has 0 spiro atoms. The normalized spacial score (nSPS) is 17.1. The third kappa shape index (κ3) is 8.88. The van der Waals surface area contributed by atoms with Crippen molar-refractivity contribution in [2.45, 2.75) is 48.6 Å². The molecule has 0 aliphatic carbocycles. The van der Waals surface area contributed by atoms with Gasteiger partial charge in [-0.3, -0.25) is 4.79 Å². The van der Waals surface area contributed by atoms with Crippen molar-refractivity contribution in [1.82, 2.24) is 5.32 Å². The third-order valence-corrected chi connectivity index (χ3v) is 10.00. The van der Waals surface area contributed by atoms with Gasteiger partial charge in [0.25, 0.3) is 5.91 Å². The second-order valence-electron chi connectivity index (χ2n) is 11.8. The summed E-state index contributed by atoms with van der Waals surface area (Å²) in [5.74, 6) is -2.26. The van der Waals surface area contributed by atoms with Crippen LogP contribution in [0.3, 0.4) is 0 Å². The van der Waals surface area contributed by atoms with Crippen molar-refractivity contribution in [2.75, 3.05) is 19.0 Å². The van der Waals surface area contributed by atoms with Gasteiger partial charge in [0.15, 0.2) is 21.5 Å². The smallest absolute Gasteiger partial charge is 0.416 e. The minimum absolute atomic E-state index is 0.00906. The van der Waals surface area contributed by atoms with Gasteiger partial charge < -0.3 is 19.9 Å². The number of carbonyl (C=O) groups is 1. The second-order valence-corrected chi connectivity index (χ2v) is 13.9. The number of azide groups is 1. The largest absolute Gasteiger partial charge is 0.494 e. The predicted molar refractivity (Wildman–Crippen MR) is 182 cm³/mol. The Bertz CT molecular complexity index is 2080. The number of aliphatic hydroxyl groups excluding tert-OH is 1. The van der Waals surface area contributed by atoms with Gasteiger partial charge in [-0.15, -0.1) is 0 Å². The number of rotatable bonds is 15. The molecular formula is C36H33F4N5O6S. The fourth-order valence-corrected chi connectivity index (χ4v) is 7.06. The number of halogens is 4. The maximum atomic E-state index is 14.5. The Morgan fingerprint density at radius 3 is 2.44 bits per heavy atom. The molecule has 0 bridgehead atoms. The first-order chi connectivity index (χ1) is 24.9. The molecule has 11 nitrogen and oxygen atoms in total. The molecular weight excluding hydrogens is 706 g/mol. The second kappa shape index (κ2) is 16.3. The van der Waals surface area contributed by atoms with Gasteiger partial charge >= 0.3 is 6.18 Å². The summed E-state index contributed by atoms with van der Waals surface area (Å²) >= 11 is 0. The number of ether oxygens (including phenoxy) is 2. The monoisotopic (exact) mass is 739 g/mol. The van der Waals surface area contributed by atoms with E-state index in [1.807, 2.05) is 0 Å². The lowest BCUT2D eigenvalue weighted by Crippen LogP contribution is -2.49. The lowest BCUT2D eigenvalue weighted by molar-refractivity contribution is -0.137. The minimum atomic E-state index is -4.85. The van der Waals surface area contributed by atoms with Crippen LogP contribution in [0.25, 0.3) is 10.4 Å². The van der Waals surface area contributed by atoms with E-state index in [9.17, 15) is 30.8 Å². The molecule has 2 atom stereocenters. The number of amides is 1. The van der Waals surface area contributed by atoms with E-state index >= 15 is 0 Å². The van der Waals surface area contributed by atoms with Crippen LogP contribution in [0, 0.1) is 5.82 Å². The maximum Gasteiger partial charge on any atom is 0.416 e. The lowest BCUT2D eigenvalue weighted by atomic mass is 9.83. The number of aliphatic imine (C=N–C) groups is 1. The van der Waals surface area contributed by atoms with Crippen LogP contribution < -0.4 is 10.1 Å². The summed E-state index contributed by atoms with van der Waals surface area (Å²) < 4.78 is 93.9. The van der Waals surface area contributed by atoms with Crippen LogP contribution in [0.5, 0.6) is 5.75 Å². The zero-order valence-electron chi connectivity index (χ0n) is 27.5. The topological polar surface area (TPSA) is 163 Å². The van der Waals surface area contributed by atoms with E-state index in [1.165, 1.54) is 12.1 Å². The number of aliphatic hydroxyl groups is 1. The van der Waals surface area contributed by atoms with Crippen molar-refractivity contribution in [3.63, 3.8) is 0 Å². The molecule has 0 fully saturated rings. The van der Waals surface area contributed by atoms with Gasteiger partial charge in [0.1, 0.15) is 11.6 Å². The number of nitrogens with zero attached hydrogens (tertiary/aromatic N) is 4. The van der Waals surface area contributed by atoms with Crippen molar-refractivity contribution in [3.05, 3.63) is 141 Å². The maximum absolute atomic E-state index is 14.5. The highest BCUT2D eigenvalue weighted by molar-refractivity contribution is 7.91. The van der Waals surface area contributed by atoms with Crippen LogP contribution in [0.2, 0.25) is 0 Å². The average molecular weight is 740 g/mol. The van der Waals surface area contributed by atoms with Crippen molar-refractivity contribution < 1.29 is 45.4 Å². The van der Waals surface area contributed by atoms with Crippen molar-refractivity contribution in [2.24, 2.45) is 10.1 Å². The quantitative estimate of drug-likeness (QED) is 0.0445. The first-order valence-corrected chi connectivity index (χ1v) is 17.6. The van der Waals surface area contributed by atoms with Gasteiger partial charge in [-0.2, -0.15) is 13.2 Å². The number of sulfone groups is 1. The van der Waals surface area contributed by atoms with E-state index < -0.39 is 63.7 Å². The summed E-state index contributed by atoms with van der Waals surface area (Å²) in [4.78, 5) is 22.1. The Morgan fingerprint density at radius 1 is 1.04 bits per heavy atom. The van der Waals surface area contributed by atoms with E-state index in [-0.39, 0.29) is 36.1 Å². The Kier molecular flexibility index (Phi) is 11.8. The SMILES string of the molecule is [N-]=[N+]=NCc1ccccc1[C@H]1OC(c2ccc(OCCCO)cc2)=N[C@@]1(CCS(=O)(=O)c1ccccc1)C(=O)NCc1cc(F)cc(C(F)(F)F)c1. The Hall–Kier alpha value is -5.44. The van der Waals surface area contributed by atoms with Crippen LogP contribution in [0.1, 0.15) is 46.8 Å². The van der Waals surface area contributed by atoms with Crippen molar-refractivity contribution in [3.8, 4) is 5.75 Å². The fraction of sp³-hybridized carbons (Fsp3) is 0.278. The number of alkyl halides is 3. The summed E-state index contributed by atoms with van der Waals surface area (Å²) in [5, 5.41) is 15.3. The molecule has 1 aliphatic heterocycles. The van der Waals surface area contributed by atoms with Crippen LogP contribution in [-0.4, -0.2) is 49.8 Å². The zero-order chi connectivity index (χ0) is 37.4. The molecule has 52 heavy (non-hydrogen) atoms. The minimum Gasteiger partial charge on any atom is -0.494 e. The molecule has 1 amide bonds. The summed E-state index contributed by atoms with van der Waals surface area (Å²) in [6.45, 7) is -0.527. The number of nitrogens with one attached hydrogen (secondary N) is 1. The predicted octanol–water partition coefficient (Wildman–Crippen LogP) is 6.85. The first kappa shape index (κ1) is 37.8. The lowest BCUT2D eigenvalue weighted by Gasteiger charge is -2.31. The molecule has 5 rings (SSSR count). The van der Waals surface area contributed by atoms with Gasteiger partial charge in [0, 0.05) is 36.5 Å². The molecule has 16 heteroatoms.